The van der Waals surface area contributed by atoms with Gasteiger partial charge in [-0.3, -0.25) is 8.77 Å². The van der Waals surface area contributed by atoms with Gasteiger partial charge in [-0.25, -0.2) is 0 Å². The number of fused-ring (bicyclic) bond motifs is 1. The van der Waals surface area contributed by atoms with Crippen LogP contribution in [0.1, 0.15) is 16.1 Å². The van der Waals surface area contributed by atoms with Gasteiger partial charge in [-0.05, 0) is 24.3 Å². The molecule has 1 aromatic heterocycles. The number of hydrogen-bond acceptors (Lipinski definition) is 3. The minimum atomic E-state index is -0.542. The molecule has 0 saturated carbocycles. The molecule has 0 unspecified atom stereocenters. The summed E-state index contributed by atoms with van der Waals surface area (Å²) in [7, 11) is 0. The zero-order chi connectivity index (χ0) is 11.0. The Morgan fingerprint density at radius 2 is 2.20 bits per heavy atom. The van der Waals surface area contributed by atoms with Gasteiger partial charge in [0, 0.05) is 5.39 Å². The number of nitrogens with zero attached hydrogens (tertiary/aromatic N) is 2. The molecule has 5 heteroatoms. The largest absolute Gasteiger partial charge is 0.364 e. The first-order valence-corrected chi connectivity index (χ1v) is 4.58. The summed E-state index contributed by atoms with van der Waals surface area (Å²) in [5.74, 6) is -0.542. The van der Waals surface area contributed by atoms with Crippen molar-refractivity contribution < 1.29 is 4.79 Å². The zero-order valence-electron chi connectivity index (χ0n) is 7.64. The Balaban J connectivity index is 2.77. The number of carbonyl (C=O) groups is 1. The molecule has 1 heterocycles. The summed E-state index contributed by atoms with van der Waals surface area (Å²) in [6.45, 7) is 0. The molecule has 0 bridgehead atoms. The van der Waals surface area contributed by atoms with Crippen molar-refractivity contribution in [2.75, 3.05) is 0 Å². The maximum Gasteiger partial charge on any atom is 0.266 e. The van der Waals surface area contributed by atoms with E-state index in [2.05, 4.69) is 12.8 Å². The second-order valence-corrected chi connectivity index (χ2v) is 3.49. The molecule has 1 aromatic carbocycles. The number of aromatic nitrogens is 1. The molecular formula is C10H7N3OS. The topological polar surface area (TPSA) is 71.8 Å². The van der Waals surface area contributed by atoms with Crippen molar-refractivity contribution in [2.45, 2.75) is 0 Å². The van der Waals surface area contributed by atoms with E-state index in [1.807, 2.05) is 6.07 Å². The summed E-state index contributed by atoms with van der Waals surface area (Å²) in [4.78, 5) is 11.0. The molecule has 1 amide bonds. The molecule has 0 fully saturated rings. The van der Waals surface area contributed by atoms with Crippen LogP contribution in [0.4, 0.5) is 0 Å². The first-order chi connectivity index (χ1) is 7.13. The SMILES string of the molecule is N#Cc1ccc2c(c1)cc(C(N)=O)n2S. The second kappa shape index (κ2) is 3.33. The molecule has 0 spiro atoms. The van der Waals surface area contributed by atoms with Gasteiger partial charge in [0.05, 0.1) is 17.1 Å². The number of hydrogen-bond donors (Lipinski definition) is 2. The molecule has 0 aliphatic carbocycles. The lowest BCUT2D eigenvalue weighted by molar-refractivity contribution is 0.0995. The molecule has 2 N–H and O–H groups in total. The first-order valence-electron chi connectivity index (χ1n) is 4.18. The number of amides is 1. The third kappa shape index (κ3) is 1.45. The maximum absolute atomic E-state index is 11.0. The number of nitrogens with two attached hydrogens (primary N) is 1. The predicted molar refractivity (Wildman–Crippen MR) is 59.6 cm³/mol. The maximum atomic E-state index is 11.0. The summed E-state index contributed by atoms with van der Waals surface area (Å²) in [6, 6.07) is 8.73. The van der Waals surface area contributed by atoms with Crippen molar-refractivity contribution in [1.82, 2.24) is 3.97 Å². The minimum absolute atomic E-state index is 0.309. The Bertz CT molecular complexity index is 594. The summed E-state index contributed by atoms with van der Waals surface area (Å²) >= 11 is 4.15. The van der Waals surface area contributed by atoms with Crippen LogP contribution in [0.2, 0.25) is 0 Å². The fourth-order valence-electron chi connectivity index (χ4n) is 1.45. The van der Waals surface area contributed by atoms with Crippen molar-refractivity contribution in [1.29, 1.82) is 5.26 Å². The van der Waals surface area contributed by atoms with Crippen LogP contribution < -0.4 is 5.73 Å². The zero-order valence-corrected chi connectivity index (χ0v) is 8.53. The van der Waals surface area contributed by atoms with Gasteiger partial charge in [-0.2, -0.15) is 5.26 Å². The molecule has 15 heavy (non-hydrogen) atoms. The quantitative estimate of drug-likeness (QED) is 0.707. The van der Waals surface area contributed by atoms with E-state index in [0.29, 0.717) is 11.3 Å². The average molecular weight is 217 g/mol. The predicted octanol–water partition coefficient (Wildman–Crippen LogP) is 1.30. The van der Waals surface area contributed by atoms with Crippen molar-refractivity contribution in [2.24, 2.45) is 5.73 Å². The van der Waals surface area contributed by atoms with Gasteiger partial charge >= 0.3 is 0 Å². The van der Waals surface area contributed by atoms with Crippen LogP contribution in [-0.2, 0) is 0 Å². The average Bonchev–Trinajstić information content (AvgIpc) is 2.55. The fraction of sp³-hybridized carbons (Fsp3) is 0. The number of carbonyl (C=O) groups excluding carboxylic acids is 1. The van der Waals surface area contributed by atoms with Gasteiger partial charge in [0.1, 0.15) is 5.69 Å². The normalized spacial score (nSPS) is 10.1. The van der Waals surface area contributed by atoms with Gasteiger partial charge in [0.2, 0.25) is 0 Å². The molecule has 0 aliphatic heterocycles. The van der Waals surface area contributed by atoms with Crippen molar-refractivity contribution in [3.8, 4) is 6.07 Å². The molecular weight excluding hydrogens is 210 g/mol. The highest BCUT2D eigenvalue weighted by atomic mass is 32.1. The van der Waals surface area contributed by atoms with E-state index in [0.717, 1.165) is 10.9 Å². The van der Waals surface area contributed by atoms with Gasteiger partial charge < -0.3 is 5.73 Å². The fourth-order valence-corrected chi connectivity index (χ4v) is 1.78. The lowest BCUT2D eigenvalue weighted by Gasteiger charge is -1.97. The lowest BCUT2D eigenvalue weighted by atomic mass is 10.2. The van der Waals surface area contributed by atoms with Crippen LogP contribution in [0.3, 0.4) is 0 Å². The third-order valence-corrected chi connectivity index (χ3v) is 2.59. The van der Waals surface area contributed by atoms with Gasteiger partial charge in [0.15, 0.2) is 0 Å². The summed E-state index contributed by atoms with van der Waals surface area (Å²) in [6.07, 6.45) is 0. The van der Waals surface area contributed by atoms with Gasteiger partial charge in [-0.15, -0.1) is 0 Å². The van der Waals surface area contributed by atoms with E-state index >= 15 is 0 Å². The molecule has 0 saturated heterocycles. The van der Waals surface area contributed by atoms with Crippen LogP contribution >= 0.6 is 12.8 Å². The molecule has 0 aliphatic rings. The number of thiol groups is 1. The van der Waals surface area contributed by atoms with E-state index in [4.69, 9.17) is 11.0 Å². The molecule has 2 aromatic rings. The van der Waals surface area contributed by atoms with Crippen LogP contribution in [0.5, 0.6) is 0 Å². The Morgan fingerprint density at radius 3 is 2.80 bits per heavy atom. The molecule has 74 valence electrons. The smallest absolute Gasteiger partial charge is 0.266 e. The lowest BCUT2D eigenvalue weighted by Crippen LogP contribution is -2.13. The Kier molecular flexibility index (Phi) is 2.14. The molecule has 0 radical (unpaired) electrons. The summed E-state index contributed by atoms with van der Waals surface area (Å²) in [5.41, 5.74) is 6.78. The number of primary amides is 1. The monoisotopic (exact) mass is 217 g/mol. The summed E-state index contributed by atoms with van der Waals surface area (Å²) in [5, 5.41) is 9.49. The number of benzene rings is 1. The third-order valence-electron chi connectivity index (χ3n) is 2.16. The Morgan fingerprint density at radius 1 is 1.47 bits per heavy atom. The molecule has 4 nitrogen and oxygen atoms in total. The highest BCUT2D eigenvalue weighted by Gasteiger charge is 2.10. The molecule has 2 rings (SSSR count). The van der Waals surface area contributed by atoms with Gasteiger partial charge in [-0.1, -0.05) is 12.8 Å². The Labute approximate surface area is 91.4 Å². The molecule has 0 atom stereocenters. The highest BCUT2D eigenvalue weighted by Crippen LogP contribution is 2.21. The van der Waals surface area contributed by atoms with Crippen molar-refractivity contribution in [3.05, 3.63) is 35.5 Å². The van der Waals surface area contributed by atoms with Crippen molar-refractivity contribution >= 4 is 29.6 Å². The highest BCUT2D eigenvalue weighted by molar-refractivity contribution is 7.78. The van der Waals surface area contributed by atoms with Crippen molar-refractivity contribution in [3.63, 3.8) is 0 Å². The van der Waals surface area contributed by atoms with E-state index in [-0.39, 0.29) is 0 Å². The van der Waals surface area contributed by atoms with E-state index in [1.54, 1.807) is 24.3 Å². The number of rotatable bonds is 1. The van der Waals surface area contributed by atoms with Crippen LogP contribution in [0.25, 0.3) is 10.9 Å². The first kappa shape index (κ1) is 9.62. The Hall–Kier alpha value is -1.93. The standard InChI is InChI=1S/C10H7N3OS/c11-5-6-1-2-8-7(3-6)4-9(10(12)14)13(8)15/h1-4,15H,(H2,12,14). The van der Waals surface area contributed by atoms with Crippen LogP contribution in [0, 0.1) is 11.3 Å². The van der Waals surface area contributed by atoms with E-state index < -0.39 is 5.91 Å². The van der Waals surface area contributed by atoms with Crippen LogP contribution in [-0.4, -0.2) is 9.88 Å². The summed E-state index contributed by atoms with van der Waals surface area (Å²) < 4.78 is 1.42. The second-order valence-electron chi connectivity index (χ2n) is 3.09. The van der Waals surface area contributed by atoms with E-state index in [9.17, 15) is 4.79 Å². The number of nitriles is 1. The van der Waals surface area contributed by atoms with Gasteiger partial charge in [0.25, 0.3) is 5.91 Å². The van der Waals surface area contributed by atoms with Crippen LogP contribution in [0.15, 0.2) is 24.3 Å². The minimum Gasteiger partial charge on any atom is -0.364 e. The van der Waals surface area contributed by atoms with E-state index in [1.165, 1.54) is 3.97 Å².